The summed E-state index contributed by atoms with van der Waals surface area (Å²) < 4.78 is 23.2. The van der Waals surface area contributed by atoms with E-state index in [0.717, 1.165) is 6.26 Å². The van der Waals surface area contributed by atoms with Gasteiger partial charge in [0.1, 0.15) is 10.3 Å². The number of benzene rings is 1. The number of rotatable bonds is 3. The fourth-order valence-corrected chi connectivity index (χ4v) is 2.49. The number of amides is 1. The summed E-state index contributed by atoms with van der Waals surface area (Å²) in [6.07, 6.45) is 1.13. The van der Waals surface area contributed by atoms with Gasteiger partial charge in [-0.3, -0.25) is 4.79 Å². The molecule has 0 saturated carbocycles. The van der Waals surface area contributed by atoms with E-state index in [9.17, 15) is 13.2 Å². The van der Waals surface area contributed by atoms with Crippen molar-refractivity contribution in [2.45, 2.75) is 4.90 Å². The van der Waals surface area contributed by atoms with Crippen LogP contribution in [0.25, 0.3) is 0 Å². The molecule has 0 aliphatic heterocycles. The first kappa shape index (κ1) is 14.7. The summed E-state index contributed by atoms with van der Waals surface area (Å²) in [4.78, 5) is 16.2. The van der Waals surface area contributed by atoms with Gasteiger partial charge in [0.25, 0.3) is 5.91 Å². The number of hydrogen-bond donors (Lipinski definition) is 1. The van der Waals surface area contributed by atoms with Crippen molar-refractivity contribution in [1.29, 1.82) is 0 Å². The van der Waals surface area contributed by atoms with Crippen LogP contribution in [0.15, 0.2) is 52.0 Å². The summed E-state index contributed by atoms with van der Waals surface area (Å²) in [5.41, 5.74) is 0.774. The highest BCUT2D eigenvalue weighted by Gasteiger charge is 2.10. The molecule has 1 heterocycles. The van der Waals surface area contributed by atoms with Gasteiger partial charge in [0.05, 0.1) is 4.90 Å². The van der Waals surface area contributed by atoms with E-state index >= 15 is 0 Å². The Bertz CT molecular complexity index is 742. The van der Waals surface area contributed by atoms with Gasteiger partial charge in [0.15, 0.2) is 9.84 Å². The minimum absolute atomic E-state index is 0.205. The predicted octanol–water partition coefficient (Wildman–Crippen LogP) is 2.50. The second-order valence-corrected chi connectivity index (χ2v) is 6.92. The molecule has 1 N–H and O–H groups in total. The van der Waals surface area contributed by atoms with Crippen LogP contribution in [0.5, 0.6) is 0 Å². The van der Waals surface area contributed by atoms with Crippen LogP contribution in [0.1, 0.15) is 10.5 Å². The standard InChI is InChI=1S/C13H11BrN2O3S/c1-20(18,19)10-7-5-9(6-8-10)15-13(17)11-3-2-4-12(14)16-11/h2-8H,1H3,(H,15,17). The quantitative estimate of drug-likeness (QED) is 0.859. The van der Waals surface area contributed by atoms with E-state index in [1.54, 1.807) is 18.2 Å². The van der Waals surface area contributed by atoms with Crippen molar-refractivity contribution in [3.05, 3.63) is 52.8 Å². The Labute approximate surface area is 125 Å². The molecule has 0 aliphatic carbocycles. The summed E-state index contributed by atoms with van der Waals surface area (Å²) in [5, 5.41) is 2.65. The first-order valence-electron chi connectivity index (χ1n) is 5.60. The lowest BCUT2D eigenvalue weighted by Crippen LogP contribution is -2.13. The van der Waals surface area contributed by atoms with E-state index in [1.165, 1.54) is 24.3 Å². The van der Waals surface area contributed by atoms with Gasteiger partial charge >= 0.3 is 0 Å². The summed E-state index contributed by atoms with van der Waals surface area (Å²) in [6, 6.07) is 11.0. The Morgan fingerprint density at radius 2 is 1.80 bits per heavy atom. The first-order valence-corrected chi connectivity index (χ1v) is 8.29. The lowest BCUT2D eigenvalue weighted by atomic mass is 10.3. The van der Waals surface area contributed by atoms with Gasteiger partial charge in [-0.15, -0.1) is 0 Å². The maximum Gasteiger partial charge on any atom is 0.274 e. The molecule has 1 aromatic carbocycles. The molecule has 2 rings (SSSR count). The zero-order chi connectivity index (χ0) is 14.8. The van der Waals surface area contributed by atoms with E-state index in [1.807, 2.05) is 0 Å². The molecule has 0 saturated heterocycles. The molecule has 0 aliphatic rings. The fourth-order valence-electron chi connectivity index (χ4n) is 1.52. The Kier molecular flexibility index (Phi) is 4.20. The zero-order valence-corrected chi connectivity index (χ0v) is 12.9. The lowest BCUT2D eigenvalue weighted by Gasteiger charge is -2.05. The summed E-state index contributed by atoms with van der Waals surface area (Å²) in [7, 11) is -3.24. The number of carbonyl (C=O) groups is 1. The second-order valence-electron chi connectivity index (χ2n) is 4.10. The molecule has 104 valence electrons. The Morgan fingerprint density at radius 3 is 2.35 bits per heavy atom. The third-order valence-corrected chi connectivity index (χ3v) is 4.06. The molecule has 1 aromatic heterocycles. The minimum Gasteiger partial charge on any atom is -0.321 e. The number of nitrogens with one attached hydrogen (secondary N) is 1. The molecule has 0 radical (unpaired) electrons. The van der Waals surface area contributed by atoms with Gasteiger partial charge in [-0.1, -0.05) is 6.07 Å². The third-order valence-electron chi connectivity index (χ3n) is 2.49. The van der Waals surface area contributed by atoms with Crippen molar-refractivity contribution < 1.29 is 13.2 Å². The smallest absolute Gasteiger partial charge is 0.274 e. The van der Waals surface area contributed by atoms with E-state index < -0.39 is 9.84 Å². The largest absolute Gasteiger partial charge is 0.321 e. The van der Waals surface area contributed by atoms with Gasteiger partial charge in [0.2, 0.25) is 0 Å². The van der Waals surface area contributed by atoms with Gasteiger partial charge in [-0.25, -0.2) is 13.4 Å². The first-order chi connectivity index (χ1) is 9.36. The minimum atomic E-state index is -3.24. The Balaban J connectivity index is 2.16. The number of carbonyl (C=O) groups excluding carboxylic acids is 1. The molecule has 0 fully saturated rings. The molecule has 0 atom stereocenters. The molecule has 20 heavy (non-hydrogen) atoms. The van der Waals surface area contributed by atoms with Crippen molar-refractivity contribution >= 4 is 37.4 Å². The zero-order valence-electron chi connectivity index (χ0n) is 10.5. The van der Waals surface area contributed by atoms with Crippen molar-refractivity contribution in [3.8, 4) is 0 Å². The molecule has 0 spiro atoms. The number of nitrogens with zero attached hydrogens (tertiary/aromatic N) is 1. The summed E-state index contributed by atoms with van der Waals surface area (Å²) in [5.74, 6) is -0.363. The van der Waals surface area contributed by atoms with Crippen molar-refractivity contribution in [2.75, 3.05) is 11.6 Å². The van der Waals surface area contributed by atoms with Crippen molar-refractivity contribution in [3.63, 3.8) is 0 Å². The van der Waals surface area contributed by atoms with Crippen LogP contribution in [0, 0.1) is 0 Å². The number of sulfone groups is 1. The van der Waals surface area contributed by atoms with Crippen LogP contribution in [0.3, 0.4) is 0 Å². The van der Waals surface area contributed by atoms with Crippen molar-refractivity contribution in [2.24, 2.45) is 0 Å². The van der Waals surface area contributed by atoms with Crippen LogP contribution in [0.4, 0.5) is 5.69 Å². The number of aromatic nitrogens is 1. The maximum atomic E-state index is 11.9. The van der Waals surface area contributed by atoms with Gasteiger partial charge < -0.3 is 5.32 Å². The number of pyridine rings is 1. The van der Waals surface area contributed by atoms with Gasteiger partial charge in [-0.05, 0) is 52.3 Å². The highest BCUT2D eigenvalue weighted by molar-refractivity contribution is 9.10. The maximum absolute atomic E-state index is 11.9. The SMILES string of the molecule is CS(=O)(=O)c1ccc(NC(=O)c2cccc(Br)n2)cc1. The van der Waals surface area contributed by atoms with E-state index in [0.29, 0.717) is 10.3 Å². The van der Waals surface area contributed by atoms with Crippen LogP contribution >= 0.6 is 15.9 Å². The van der Waals surface area contributed by atoms with Gasteiger partial charge in [0, 0.05) is 11.9 Å². The normalized spacial score (nSPS) is 11.1. The molecule has 0 bridgehead atoms. The molecular formula is C13H11BrN2O3S. The fraction of sp³-hybridized carbons (Fsp3) is 0.0769. The van der Waals surface area contributed by atoms with Gasteiger partial charge in [-0.2, -0.15) is 0 Å². The van der Waals surface area contributed by atoms with E-state index in [4.69, 9.17) is 0 Å². The average molecular weight is 355 g/mol. The Hall–Kier alpha value is -1.73. The lowest BCUT2D eigenvalue weighted by molar-refractivity contribution is 0.102. The molecule has 5 nitrogen and oxygen atoms in total. The van der Waals surface area contributed by atoms with Crippen LogP contribution in [0.2, 0.25) is 0 Å². The highest BCUT2D eigenvalue weighted by Crippen LogP contribution is 2.15. The monoisotopic (exact) mass is 354 g/mol. The summed E-state index contributed by atoms with van der Waals surface area (Å²) >= 11 is 3.19. The van der Waals surface area contributed by atoms with E-state index in [-0.39, 0.29) is 16.5 Å². The predicted molar refractivity (Wildman–Crippen MR) is 79.4 cm³/mol. The number of halogens is 1. The number of anilines is 1. The topological polar surface area (TPSA) is 76.1 Å². The molecule has 0 unspecified atom stereocenters. The highest BCUT2D eigenvalue weighted by atomic mass is 79.9. The van der Waals surface area contributed by atoms with Crippen LogP contribution in [-0.2, 0) is 9.84 Å². The third kappa shape index (κ3) is 3.64. The van der Waals surface area contributed by atoms with Crippen LogP contribution in [-0.4, -0.2) is 25.6 Å². The van der Waals surface area contributed by atoms with Crippen molar-refractivity contribution in [1.82, 2.24) is 4.98 Å². The Morgan fingerprint density at radius 1 is 1.15 bits per heavy atom. The van der Waals surface area contributed by atoms with Crippen LogP contribution < -0.4 is 5.32 Å². The summed E-state index contributed by atoms with van der Waals surface area (Å²) in [6.45, 7) is 0. The molecular weight excluding hydrogens is 344 g/mol. The number of hydrogen-bond acceptors (Lipinski definition) is 4. The second kappa shape index (κ2) is 5.72. The average Bonchev–Trinajstić information content (AvgIpc) is 2.38. The molecule has 1 amide bonds. The molecule has 2 aromatic rings. The van der Waals surface area contributed by atoms with E-state index in [2.05, 4.69) is 26.2 Å². The molecule has 7 heteroatoms.